The summed E-state index contributed by atoms with van der Waals surface area (Å²) in [6.45, 7) is 6.04. The molecule has 0 radical (unpaired) electrons. The number of benzene rings is 2. The van der Waals surface area contributed by atoms with Gasteiger partial charge in [-0.1, -0.05) is 54.6 Å². The lowest BCUT2D eigenvalue weighted by Gasteiger charge is -2.22. The summed E-state index contributed by atoms with van der Waals surface area (Å²) in [5.74, 6) is 0. The van der Waals surface area contributed by atoms with Crippen LogP contribution >= 0.6 is 12.4 Å². The number of nitrogens with one attached hydrogen (secondary N) is 1. The first kappa shape index (κ1) is 16.5. The van der Waals surface area contributed by atoms with Crippen molar-refractivity contribution in [3.8, 4) is 11.1 Å². The summed E-state index contributed by atoms with van der Waals surface area (Å²) in [5.41, 5.74) is 4.61. The Kier molecular flexibility index (Phi) is 5.05. The summed E-state index contributed by atoms with van der Waals surface area (Å²) in [5, 5.41) is 3.54. The van der Waals surface area contributed by atoms with Crippen LogP contribution in [0.1, 0.15) is 18.4 Å². The fourth-order valence-corrected chi connectivity index (χ4v) is 4.00. The van der Waals surface area contributed by atoms with Crippen molar-refractivity contribution in [1.29, 1.82) is 0 Å². The second kappa shape index (κ2) is 7.04. The van der Waals surface area contributed by atoms with Crippen LogP contribution in [0.25, 0.3) is 11.1 Å². The molecule has 2 fully saturated rings. The van der Waals surface area contributed by atoms with Gasteiger partial charge in [0.15, 0.2) is 0 Å². The van der Waals surface area contributed by atoms with Gasteiger partial charge >= 0.3 is 0 Å². The van der Waals surface area contributed by atoms with Crippen LogP contribution in [0.4, 0.5) is 0 Å². The molecule has 1 spiro atoms. The quantitative estimate of drug-likeness (QED) is 0.917. The average Bonchev–Trinajstić information content (AvgIpc) is 3.19. The molecule has 0 aliphatic carbocycles. The molecular weight excluding hydrogens is 304 g/mol. The van der Waals surface area contributed by atoms with Crippen molar-refractivity contribution in [3.05, 3.63) is 60.2 Å². The van der Waals surface area contributed by atoms with Gasteiger partial charge in [0, 0.05) is 19.6 Å². The molecule has 1 N–H and O–H groups in total. The second-order valence-electron chi connectivity index (χ2n) is 6.95. The zero-order valence-electron chi connectivity index (χ0n) is 13.5. The fraction of sp³-hybridized carbons (Fsp3) is 0.400. The predicted octanol–water partition coefficient (Wildman–Crippen LogP) is 3.96. The van der Waals surface area contributed by atoms with Crippen molar-refractivity contribution < 1.29 is 0 Å². The van der Waals surface area contributed by atoms with Gasteiger partial charge in [0.2, 0.25) is 0 Å². The minimum absolute atomic E-state index is 0. The van der Waals surface area contributed by atoms with E-state index >= 15 is 0 Å². The molecule has 2 aliphatic rings. The van der Waals surface area contributed by atoms with Crippen LogP contribution in [-0.2, 0) is 6.54 Å². The Morgan fingerprint density at radius 2 is 1.65 bits per heavy atom. The largest absolute Gasteiger partial charge is 0.316 e. The van der Waals surface area contributed by atoms with E-state index in [9.17, 15) is 0 Å². The van der Waals surface area contributed by atoms with Gasteiger partial charge in [-0.05, 0) is 48.0 Å². The zero-order chi connectivity index (χ0) is 14.8. The molecule has 0 bridgehead atoms. The van der Waals surface area contributed by atoms with Crippen molar-refractivity contribution in [2.75, 3.05) is 26.2 Å². The number of rotatable bonds is 3. The van der Waals surface area contributed by atoms with Crippen LogP contribution in [-0.4, -0.2) is 31.1 Å². The Morgan fingerprint density at radius 3 is 2.35 bits per heavy atom. The van der Waals surface area contributed by atoms with E-state index in [2.05, 4.69) is 64.8 Å². The number of likely N-dealkylation sites (tertiary alicyclic amines) is 1. The molecule has 1 atom stereocenters. The molecule has 3 heteroatoms. The first-order chi connectivity index (χ1) is 10.8. The number of hydrogen-bond acceptors (Lipinski definition) is 2. The average molecular weight is 329 g/mol. The lowest BCUT2D eigenvalue weighted by molar-refractivity contribution is 0.268. The molecule has 2 nitrogen and oxygen atoms in total. The van der Waals surface area contributed by atoms with Crippen molar-refractivity contribution in [2.24, 2.45) is 5.41 Å². The Hall–Kier alpha value is -1.35. The highest BCUT2D eigenvalue weighted by Crippen LogP contribution is 2.36. The van der Waals surface area contributed by atoms with Gasteiger partial charge < -0.3 is 5.32 Å². The van der Waals surface area contributed by atoms with Crippen LogP contribution in [0.2, 0.25) is 0 Å². The molecule has 0 amide bonds. The van der Waals surface area contributed by atoms with E-state index in [-0.39, 0.29) is 12.4 Å². The minimum Gasteiger partial charge on any atom is -0.316 e. The lowest BCUT2D eigenvalue weighted by Crippen LogP contribution is -2.28. The van der Waals surface area contributed by atoms with Crippen molar-refractivity contribution >= 4 is 12.4 Å². The van der Waals surface area contributed by atoms with Gasteiger partial charge in [0.1, 0.15) is 0 Å². The second-order valence-corrected chi connectivity index (χ2v) is 6.95. The predicted molar refractivity (Wildman–Crippen MR) is 98.9 cm³/mol. The highest BCUT2D eigenvalue weighted by molar-refractivity contribution is 5.85. The van der Waals surface area contributed by atoms with Crippen LogP contribution in [0.15, 0.2) is 54.6 Å². The summed E-state index contributed by atoms with van der Waals surface area (Å²) in [6.07, 6.45) is 2.72. The Morgan fingerprint density at radius 1 is 0.913 bits per heavy atom. The summed E-state index contributed by atoms with van der Waals surface area (Å²) in [7, 11) is 0. The van der Waals surface area contributed by atoms with Gasteiger partial charge in [0.25, 0.3) is 0 Å². The molecule has 2 saturated heterocycles. The Bertz CT molecular complexity index is 618. The zero-order valence-corrected chi connectivity index (χ0v) is 14.3. The molecule has 2 aromatic rings. The Balaban J connectivity index is 0.00000156. The third-order valence-electron chi connectivity index (χ3n) is 5.32. The highest BCUT2D eigenvalue weighted by atomic mass is 35.5. The topological polar surface area (TPSA) is 15.3 Å². The van der Waals surface area contributed by atoms with Gasteiger partial charge in [-0.2, -0.15) is 0 Å². The number of halogens is 1. The lowest BCUT2D eigenvalue weighted by atomic mass is 9.86. The molecule has 122 valence electrons. The highest BCUT2D eigenvalue weighted by Gasteiger charge is 2.39. The summed E-state index contributed by atoms with van der Waals surface area (Å²) in [6, 6.07) is 19.7. The Labute approximate surface area is 145 Å². The van der Waals surface area contributed by atoms with Crippen molar-refractivity contribution in [3.63, 3.8) is 0 Å². The maximum atomic E-state index is 3.54. The van der Waals surface area contributed by atoms with E-state index < -0.39 is 0 Å². The molecule has 1 unspecified atom stereocenters. The third-order valence-corrected chi connectivity index (χ3v) is 5.32. The first-order valence-electron chi connectivity index (χ1n) is 8.41. The summed E-state index contributed by atoms with van der Waals surface area (Å²) < 4.78 is 0. The van der Waals surface area contributed by atoms with Crippen LogP contribution in [0.3, 0.4) is 0 Å². The molecule has 2 aliphatic heterocycles. The van der Waals surface area contributed by atoms with Crippen molar-refractivity contribution in [2.45, 2.75) is 19.4 Å². The number of nitrogens with zero attached hydrogens (tertiary/aromatic N) is 1. The van der Waals surface area contributed by atoms with Crippen LogP contribution in [0.5, 0.6) is 0 Å². The maximum Gasteiger partial charge on any atom is 0.0233 e. The van der Waals surface area contributed by atoms with E-state index in [0.717, 1.165) is 6.54 Å². The van der Waals surface area contributed by atoms with Gasteiger partial charge in [-0.25, -0.2) is 0 Å². The van der Waals surface area contributed by atoms with Gasteiger partial charge in [0.05, 0.1) is 0 Å². The summed E-state index contributed by atoms with van der Waals surface area (Å²) in [4.78, 5) is 2.63. The molecule has 2 aromatic carbocycles. The smallest absolute Gasteiger partial charge is 0.0233 e. The van der Waals surface area contributed by atoms with E-state index in [1.54, 1.807) is 0 Å². The normalized spacial score (nSPS) is 24.0. The summed E-state index contributed by atoms with van der Waals surface area (Å²) >= 11 is 0. The van der Waals surface area contributed by atoms with Crippen LogP contribution in [0, 0.1) is 5.41 Å². The number of hydrogen-bond donors (Lipinski definition) is 1. The maximum absolute atomic E-state index is 3.54. The minimum atomic E-state index is 0. The van der Waals surface area contributed by atoms with Crippen molar-refractivity contribution in [1.82, 2.24) is 10.2 Å². The standard InChI is InChI=1S/C20H24N2.ClH/c1-2-4-18(5-3-1)19-8-6-17(7-9-19)14-22-13-11-20(16-22)10-12-21-15-20;/h1-9,21H,10-16H2;1H. The molecule has 4 rings (SSSR count). The van der Waals surface area contributed by atoms with E-state index in [1.165, 1.54) is 55.7 Å². The molecule has 0 saturated carbocycles. The van der Waals surface area contributed by atoms with E-state index in [1.807, 2.05) is 0 Å². The van der Waals surface area contributed by atoms with E-state index in [4.69, 9.17) is 0 Å². The molecule has 2 heterocycles. The monoisotopic (exact) mass is 328 g/mol. The SMILES string of the molecule is Cl.c1ccc(-c2ccc(CN3CCC4(CCNC4)C3)cc2)cc1. The third kappa shape index (κ3) is 3.60. The van der Waals surface area contributed by atoms with Crippen LogP contribution < -0.4 is 5.32 Å². The van der Waals surface area contributed by atoms with Gasteiger partial charge in [-0.15, -0.1) is 12.4 Å². The van der Waals surface area contributed by atoms with Gasteiger partial charge in [-0.3, -0.25) is 4.90 Å². The molecular formula is C20H25ClN2. The van der Waals surface area contributed by atoms with E-state index in [0.29, 0.717) is 5.41 Å². The first-order valence-corrected chi connectivity index (χ1v) is 8.41. The molecule has 0 aromatic heterocycles. The molecule has 23 heavy (non-hydrogen) atoms. The fourth-order valence-electron chi connectivity index (χ4n) is 4.00.